The van der Waals surface area contributed by atoms with E-state index in [1.165, 1.54) is 12.1 Å². The lowest BCUT2D eigenvalue weighted by atomic mass is 10.1. The number of rotatable bonds is 2. The zero-order chi connectivity index (χ0) is 14.8. The molecule has 1 aliphatic rings. The second-order valence-corrected chi connectivity index (χ2v) is 5.20. The topological polar surface area (TPSA) is 47.4 Å². The Bertz CT molecular complexity index is 647. The summed E-state index contributed by atoms with van der Waals surface area (Å²) < 4.78 is 20.3. The normalized spacial score (nSPS) is 16.4. The lowest BCUT2D eigenvalue weighted by molar-refractivity contribution is 0.0930. The first-order valence-corrected chi connectivity index (χ1v) is 7.23. The standard InChI is InChI=1S/C15H18FN3O2/c1-2-21-15(20)18-7-5-12(6-8-18)19-10-17-13-9-11(16)3-4-14(13)19/h3-4,9-10,12H,2,5-8H2,1H3. The molecule has 2 heterocycles. The van der Waals surface area contributed by atoms with Gasteiger partial charge in [-0.05, 0) is 31.9 Å². The molecule has 0 radical (unpaired) electrons. The molecule has 1 amide bonds. The van der Waals surface area contributed by atoms with Gasteiger partial charge in [0.15, 0.2) is 0 Å². The van der Waals surface area contributed by atoms with Crippen molar-refractivity contribution >= 4 is 17.1 Å². The number of fused-ring (bicyclic) bond motifs is 1. The summed E-state index contributed by atoms with van der Waals surface area (Å²) in [6, 6.07) is 4.94. The van der Waals surface area contributed by atoms with E-state index in [9.17, 15) is 9.18 Å². The third-order valence-corrected chi connectivity index (χ3v) is 3.92. The highest BCUT2D eigenvalue weighted by Crippen LogP contribution is 2.27. The zero-order valence-electron chi connectivity index (χ0n) is 12.0. The van der Waals surface area contributed by atoms with Gasteiger partial charge in [0.2, 0.25) is 0 Å². The van der Waals surface area contributed by atoms with E-state index in [0.717, 1.165) is 18.4 Å². The minimum atomic E-state index is -0.273. The van der Waals surface area contributed by atoms with E-state index in [2.05, 4.69) is 9.55 Å². The van der Waals surface area contributed by atoms with Crippen LogP contribution in [0.15, 0.2) is 24.5 Å². The van der Waals surface area contributed by atoms with Gasteiger partial charge in [-0.15, -0.1) is 0 Å². The van der Waals surface area contributed by atoms with Gasteiger partial charge in [0.25, 0.3) is 0 Å². The van der Waals surface area contributed by atoms with Crippen LogP contribution >= 0.6 is 0 Å². The Morgan fingerprint density at radius 2 is 2.19 bits per heavy atom. The van der Waals surface area contributed by atoms with Crippen LogP contribution in [0.25, 0.3) is 11.0 Å². The van der Waals surface area contributed by atoms with Crippen LogP contribution in [0.4, 0.5) is 9.18 Å². The number of piperidine rings is 1. The van der Waals surface area contributed by atoms with E-state index >= 15 is 0 Å². The molecule has 0 saturated carbocycles. The van der Waals surface area contributed by atoms with Crippen LogP contribution in [-0.4, -0.2) is 40.2 Å². The molecule has 1 saturated heterocycles. The number of hydrogen-bond donors (Lipinski definition) is 0. The van der Waals surface area contributed by atoms with Crippen molar-refractivity contribution in [2.24, 2.45) is 0 Å². The maximum Gasteiger partial charge on any atom is 0.409 e. The molecule has 0 N–H and O–H groups in total. The van der Waals surface area contributed by atoms with E-state index in [1.54, 1.807) is 24.2 Å². The summed E-state index contributed by atoms with van der Waals surface area (Å²) >= 11 is 0. The van der Waals surface area contributed by atoms with Gasteiger partial charge in [-0.25, -0.2) is 14.2 Å². The summed E-state index contributed by atoms with van der Waals surface area (Å²) in [5.74, 6) is -0.273. The van der Waals surface area contributed by atoms with E-state index in [-0.39, 0.29) is 18.0 Å². The Kier molecular flexibility index (Phi) is 3.77. The van der Waals surface area contributed by atoms with Gasteiger partial charge < -0.3 is 14.2 Å². The number of imidazole rings is 1. The van der Waals surface area contributed by atoms with Crippen molar-refractivity contribution in [3.63, 3.8) is 0 Å². The van der Waals surface area contributed by atoms with Crippen LogP contribution in [0, 0.1) is 5.82 Å². The summed E-state index contributed by atoms with van der Waals surface area (Å²) in [6.07, 6.45) is 3.21. The molecule has 0 atom stereocenters. The van der Waals surface area contributed by atoms with Crippen molar-refractivity contribution in [3.05, 3.63) is 30.3 Å². The molecule has 1 aromatic heterocycles. The van der Waals surface area contributed by atoms with E-state index < -0.39 is 0 Å². The molecule has 1 aromatic carbocycles. The minimum absolute atomic E-state index is 0.242. The zero-order valence-corrected chi connectivity index (χ0v) is 12.0. The molecule has 3 rings (SSSR count). The van der Waals surface area contributed by atoms with Crippen molar-refractivity contribution in [1.29, 1.82) is 0 Å². The Morgan fingerprint density at radius 3 is 2.90 bits per heavy atom. The first-order chi connectivity index (χ1) is 10.2. The number of likely N-dealkylation sites (tertiary alicyclic amines) is 1. The van der Waals surface area contributed by atoms with Crippen LogP contribution in [0.3, 0.4) is 0 Å². The highest BCUT2D eigenvalue weighted by atomic mass is 19.1. The molecule has 1 aliphatic heterocycles. The maximum absolute atomic E-state index is 13.2. The fourth-order valence-corrected chi connectivity index (χ4v) is 2.84. The van der Waals surface area contributed by atoms with Gasteiger partial charge >= 0.3 is 6.09 Å². The number of nitrogens with zero attached hydrogens (tertiary/aromatic N) is 3. The molecule has 0 spiro atoms. The van der Waals surface area contributed by atoms with Crippen LogP contribution < -0.4 is 0 Å². The van der Waals surface area contributed by atoms with Crippen molar-refractivity contribution < 1.29 is 13.9 Å². The first kappa shape index (κ1) is 13.9. The molecule has 6 heteroatoms. The van der Waals surface area contributed by atoms with Crippen molar-refractivity contribution in [2.75, 3.05) is 19.7 Å². The smallest absolute Gasteiger partial charge is 0.409 e. The summed E-state index contributed by atoms with van der Waals surface area (Å²) in [5.41, 5.74) is 1.61. The SMILES string of the molecule is CCOC(=O)N1CCC(n2cnc3cc(F)ccc32)CC1. The predicted molar refractivity (Wildman–Crippen MR) is 76.6 cm³/mol. The number of aromatic nitrogens is 2. The largest absolute Gasteiger partial charge is 0.450 e. The predicted octanol–water partition coefficient (Wildman–Crippen LogP) is 2.97. The molecule has 2 aromatic rings. The summed E-state index contributed by atoms with van der Waals surface area (Å²) in [7, 11) is 0. The molecule has 21 heavy (non-hydrogen) atoms. The number of carbonyl (C=O) groups excluding carboxylic acids is 1. The molecule has 5 nitrogen and oxygen atoms in total. The lowest BCUT2D eigenvalue weighted by Crippen LogP contribution is -2.39. The fourth-order valence-electron chi connectivity index (χ4n) is 2.84. The van der Waals surface area contributed by atoms with Gasteiger partial charge in [-0.1, -0.05) is 0 Å². The molecule has 1 fully saturated rings. The van der Waals surface area contributed by atoms with Gasteiger partial charge in [-0.2, -0.15) is 0 Å². The van der Waals surface area contributed by atoms with Gasteiger partial charge in [0.1, 0.15) is 5.82 Å². The Morgan fingerprint density at radius 1 is 1.43 bits per heavy atom. The van der Waals surface area contributed by atoms with E-state index in [0.29, 0.717) is 25.2 Å². The van der Waals surface area contributed by atoms with Gasteiger partial charge in [0.05, 0.1) is 24.0 Å². The molecular weight excluding hydrogens is 273 g/mol. The van der Waals surface area contributed by atoms with Gasteiger partial charge in [-0.3, -0.25) is 0 Å². The molecule has 0 aliphatic carbocycles. The maximum atomic E-state index is 13.2. The third kappa shape index (κ3) is 2.70. The number of hydrogen-bond acceptors (Lipinski definition) is 3. The van der Waals surface area contributed by atoms with Crippen LogP contribution in [0.2, 0.25) is 0 Å². The average molecular weight is 291 g/mol. The summed E-state index contributed by atoms with van der Waals surface area (Å²) in [6.45, 7) is 3.55. The molecule has 0 bridgehead atoms. The lowest BCUT2D eigenvalue weighted by Gasteiger charge is -2.32. The van der Waals surface area contributed by atoms with Crippen LogP contribution in [0.1, 0.15) is 25.8 Å². The summed E-state index contributed by atoms with van der Waals surface area (Å²) in [4.78, 5) is 17.7. The number of benzene rings is 1. The minimum Gasteiger partial charge on any atom is -0.450 e. The van der Waals surface area contributed by atoms with Crippen molar-refractivity contribution in [3.8, 4) is 0 Å². The number of ether oxygens (including phenoxy) is 1. The Labute approximate surface area is 122 Å². The van der Waals surface area contributed by atoms with E-state index in [4.69, 9.17) is 4.74 Å². The number of carbonyl (C=O) groups is 1. The van der Waals surface area contributed by atoms with Crippen molar-refractivity contribution in [1.82, 2.24) is 14.5 Å². The average Bonchev–Trinajstić information content (AvgIpc) is 2.90. The number of amides is 1. The monoisotopic (exact) mass is 291 g/mol. The first-order valence-electron chi connectivity index (χ1n) is 7.23. The second kappa shape index (κ2) is 5.71. The van der Waals surface area contributed by atoms with Crippen molar-refractivity contribution in [2.45, 2.75) is 25.8 Å². The highest BCUT2D eigenvalue weighted by molar-refractivity contribution is 5.75. The molecular formula is C15H18FN3O2. The summed E-state index contributed by atoms with van der Waals surface area (Å²) in [5, 5.41) is 0. The van der Waals surface area contributed by atoms with E-state index in [1.807, 2.05) is 0 Å². The third-order valence-electron chi connectivity index (χ3n) is 3.92. The Hall–Kier alpha value is -2.11. The van der Waals surface area contributed by atoms with Gasteiger partial charge in [0, 0.05) is 25.2 Å². The quantitative estimate of drug-likeness (QED) is 0.854. The van der Waals surface area contributed by atoms with Crippen LogP contribution in [-0.2, 0) is 4.74 Å². The Balaban J connectivity index is 1.72. The number of halogens is 1. The molecule has 112 valence electrons. The molecule has 0 unspecified atom stereocenters. The van der Waals surface area contributed by atoms with Crippen LogP contribution in [0.5, 0.6) is 0 Å². The highest BCUT2D eigenvalue weighted by Gasteiger charge is 2.25. The fraction of sp³-hybridized carbons (Fsp3) is 0.467. The second-order valence-electron chi connectivity index (χ2n) is 5.20.